The third-order valence-corrected chi connectivity index (χ3v) is 4.22. The maximum atomic E-state index is 12.4. The number of likely N-dealkylation sites (tertiary alicyclic amines) is 1. The Kier molecular flexibility index (Phi) is 5.35. The van der Waals surface area contributed by atoms with Gasteiger partial charge in [0, 0.05) is 0 Å². The number of carboxylic acid groups (broad SMARTS) is 1. The van der Waals surface area contributed by atoms with Gasteiger partial charge < -0.3 is 10.4 Å². The molecule has 5 nitrogen and oxygen atoms in total. The predicted molar refractivity (Wildman–Crippen MR) is 73.9 cm³/mol. The Labute approximate surface area is 115 Å². The highest BCUT2D eigenvalue weighted by atomic mass is 16.4. The van der Waals surface area contributed by atoms with Gasteiger partial charge >= 0.3 is 5.97 Å². The summed E-state index contributed by atoms with van der Waals surface area (Å²) in [5.74, 6) is -1.22. The second kappa shape index (κ2) is 6.37. The summed E-state index contributed by atoms with van der Waals surface area (Å²) in [6.07, 6.45) is 2.93. The number of carbonyl (C=O) groups excluding carboxylic acids is 1. The summed E-state index contributed by atoms with van der Waals surface area (Å²) in [6, 6.07) is -0.806. The van der Waals surface area contributed by atoms with Crippen molar-refractivity contribution in [3.8, 4) is 0 Å². The van der Waals surface area contributed by atoms with Gasteiger partial charge in [-0.05, 0) is 45.7 Å². The lowest BCUT2D eigenvalue weighted by molar-refractivity contribution is -0.145. The molecule has 1 rings (SSSR count). The molecular formula is C14H26N2O3. The monoisotopic (exact) mass is 270 g/mol. The SMILES string of the molecule is CCC(C)C(NC(=O)C(C)(C)N1CCCC1)C(=O)O. The first-order chi connectivity index (χ1) is 8.80. The molecule has 0 aromatic heterocycles. The van der Waals surface area contributed by atoms with E-state index < -0.39 is 17.6 Å². The van der Waals surface area contributed by atoms with E-state index >= 15 is 0 Å². The minimum Gasteiger partial charge on any atom is -0.480 e. The largest absolute Gasteiger partial charge is 0.480 e. The van der Waals surface area contributed by atoms with Gasteiger partial charge in [-0.2, -0.15) is 0 Å². The van der Waals surface area contributed by atoms with Crippen LogP contribution in [-0.4, -0.2) is 46.6 Å². The zero-order valence-electron chi connectivity index (χ0n) is 12.4. The Bertz CT molecular complexity index is 336. The zero-order valence-corrected chi connectivity index (χ0v) is 12.4. The van der Waals surface area contributed by atoms with Gasteiger partial charge in [0.25, 0.3) is 0 Å². The number of rotatable bonds is 6. The van der Waals surface area contributed by atoms with Crippen LogP contribution in [0.4, 0.5) is 0 Å². The molecule has 1 aliphatic rings. The van der Waals surface area contributed by atoms with E-state index in [1.165, 1.54) is 0 Å². The minimum absolute atomic E-state index is 0.0733. The van der Waals surface area contributed by atoms with Crippen molar-refractivity contribution in [1.29, 1.82) is 0 Å². The molecule has 1 aliphatic heterocycles. The van der Waals surface area contributed by atoms with Crippen LogP contribution in [0.1, 0.15) is 47.0 Å². The zero-order chi connectivity index (χ0) is 14.6. The lowest BCUT2D eigenvalue weighted by Crippen LogP contribution is -2.58. The van der Waals surface area contributed by atoms with Crippen molar-refractivity contribution in [2.45, 2.75) is 58.5 Å². The molecule has 2 atom stereocenters. The molecule has 19 heavy (non-hydrogen) atoms. The fraction of sp³-hybridized carbons (Fsp3) is 0.857. The Morgan fingerprint density at radius 2 is 1.84 bits per heavy atom. The van der Waals surface area contributed by atoms with Crippen LogP contribution in [0.25, 0.3) is 0 Å². The van der Waals surface area contributed by atoms with Crippen molar-refractivity contribution in [2.75, 3.05) is 13.1 Å². The van der Waals surface area contributed by atoms with Crippen LogP contribution in [-0.2, 0) is 9.59 Å². The quantitative estimate of drug-likeness (QED) is 0.767. The molecule has 0 saturated carbocycles. The van der Waals surface area contributed by atoms with E-state index in [1.807, 2.05) is 27.7 Å². The summed E-state index contributed by atoms with van der Waals surface area (Å²) in [4.78, 5) is 25.7. The van der Waals surface area contributed by atoms with Crippen LogP contribution in [0, 0.1) is 5.92 Å². The highest BCUT2D eigenvalue weighted by Crippen LogP contribution is 2.21. The maximum absolute atomic E-state index is 12.4. The van der Waals surface area contributed by atoms with Crippen LogP contribution < -0.4 is 5.32 Å². The topological polar surface area (TPSA) is 69.6 Å². The van der Waals surface area contributed by atoms with Crippen LogP contribution >= 0.6 is 0 Å². The molecule has 5 heteroatoms. The molecule has 110 valence electrons. The molecule has 2 N–H and O–H groups in total. The van der Waals surface area contributed by atoms with Gasteiger partial charge in [0.05, 0.1) is 5.54 Å². The molecule has 1 saturated heterocycles. The van der Waals surface area contributed by atoms with Crippen molar-refractivity contribution in [2.24, 2.45) is 5.92 Å². The summed E-state index contributed by atoms with van der Waals surface area (Å²) in [5.41, 5.74) is -0.641. The Hall–Kier alpha value is -1.10. The number of nitrogens with zero attached hydrogens (tertiary/aromatic N) is 1. The summed E-state index contributed by atoms with van der Waals surface area (Å²) in [5, 5.41) is 11.9. The van der Waals surface area contributed by atoms with Crippen LogP contribution in [0.15, 0.2) is 0 Å². The van der Waals surface area contributed by atoms with Gasteiger partial charge in [-0.15, -0.1) is 0 Å². The average molecular weight is 270 g/mol. The highest BCUT2D eigenvalue weighted by molar-refractivity contribution is 5.89. The van der Waals surface area contributed by atoms with Gasteiger partial charge in [0.15, 0.2) is 0 Å². The van der Waals surface area contributed by atoms with Gasteiger partial charge in [-0.25, -0.2) is 4.79 Å². The van der Waals surface area contributed by atoms with Crippen molar-refractivity contribution in [3.63, 3.8) is 0 Å². The maximum Gasteiger partial charge on any atom is 0.326 e. The Morgan fingerprint density at radius 1 is 1.32 bits per heavy atom. The number of carbonyl (C=O) groups is 2. The van der Waals surface area contributed by atoms with E-state index in [9.17, 15) is 14.7 Å². The Morgan fingerprint density at radius 3 is 2.26 bits per heavy atom. The number of amides is 1. The lowest BCUT2D eigenvalue weighted by atomic mass is 9.96. The second-order valence-electron chi connectivity index (χ2n) is 5.93. The summed E-state index contributed by atoms with van der Waals surface area (Å²) in [6.45, 7) is 9.32. The van der Waals surface area contributed by atoms with E-state index in [2.05, 4.69) is 10.2 Å². The van der Waals surface area contributed by atoms with Gasteiger partial charge in [0.2, 0.25) is 5.91 Å². The molecule has 0 aliphatic carbocycles. The first kappa shape index (κ1) is 16.0. The number of carboxylic acids is 1. The standard InChI is InChI=1S/C14H26N2O3/c1-5-10(2)11(12(17)18)15-13(19)14(3,4)16-8-6-7-9-16/h10-11H,5-9H2,1-4H3,(H,15,19)(H,17,18). The molecule has 0 aromatic rings. The van der Waals surface area contributed by atoms with E-state index in [1.54, 1.807) is 0 Å². The third kappa shape index (κ3) is 3.69. The normalized spacial score (nSPS) is 20.0. The van der Waals surface area contributed by atoms with E-state index in [4.69, 9.17) is 0 Å². The van der Waals surface area contributed by atoms with E-state index in [-0.39, 0.29) is 11.8 Å². The van der Waals surface area contributed by atoms with Gasteiger partial charge in [-0.1, -0.05) is 20.3 Å². The van der Waals surface area contributed by atoms with Gasteiger partial charge in [0.1, 0.15) is 6.04 Å². The minimum atomic E-state index is -0.958. The predicted octanol–water partition coefficient (Wildman–Crippen LogP) is 1.48. The van der Waals surface area contributed by atoms with Crippen LogP contribution in [0.2, 0.25) is 0 Å². The summed E-state index contributed by atoms with van der Waals surface area (Å²) in [7, 11) is 0. The van der Waals surface area contributed by atoms with Gasteiger partial charge in [-0.3, -0.25) is 9.69 Å². The molecule has 2 unspecified atom stereocenters. The summed E-state index contributed by atoms with van der Waals surface area (Å²) < 4.78 is 0. The molecule has 1 fully saturated rings. The average Bonchev–Trinajstić information content (AvgIpc) is 2.88. The molecule has 0 aromatic carbocycles. The Balaban J connectivity index is 2.72. The molecular weight excluding hydrogens is 244 g/mol. The summed E-state index contributed by atoms with van der Waals surface area (Å²) >= 11 is 0. The van der Waals surface area contributed by atoms with Crippen molar-refractivity contribution >= 4 is 11.9 Å². The molecule has 0 radical (unpaired) electrons. The molecule has 0 spiro atoms. The van der Waals surface area contributed by atoms with Crippen LogP contribution in [0.5, 0.6) is 0 Å². The molecule has 1 amide bonds. The van der Waals surface area contributed by atoms with Crippen LogP contribution in [0.3, 0.4) is 0 Å². The number of nitrogens with one attached hydrogen (secondary N) is 1. The molecule has 0 bridgehead atoms. The number of hydrogen-bond donors (Lipinski definition) is 2. The number of hydrogen-bond acceptors (Lipinski definition) is 3. The molecule has 1 heterocycles. The lowest BCUT2D eigenvalue weighted by Gasteiger charge is -2.35. The fourth-order valence-corrected chi connectivity index (χ4v) is 2.42. The van der Waals surface area contributed by atoms with E-state index in [0.29, 0.717) is 0 Å². The number of aliphatic carboxylic acids is 1. The van der Waals surface area contributed by atoms with Crippen molar-refractivity contribution in [1.82, 2.24) is 10.2 Å². The van der Waals surface area contributed by atoms with E-state index in [0.717, 1.165) is 32.4 Å². The second-order valence-corrected chi connectivity index (χ2v) is 5.93. The van der Waals surface area contributed by atoms with Crippen molar-refractivity contribution in [3.05, 3.63) is 0 Å². The fourth-order valence-electron chi connectivity index (χ4n) is 2.42. The first-order valence-corrected chi connectivity index (χ1v) is 7.09. The highest BCUT2D eigenvalue weighted by Gasteiger charge is 2.38. The van der Waals surface area contributed by atoms with Crippen molar-refractivity contribution < 1.29 is 14.7 Å². The third-order valence-electron chi connectivity index (χ3n) is 4.22. The first-order valence-electron chi connectivity index (χ1n) is 7.09. The smallest absolute Gasteiger partial charge is 0.326 e.